The van der Waals surface area contributed by atoms with Crippen LogP contribution in [0.15, 0.2) is 24.3 Å². The molecule has 0 bridgehead atoms. The third kappa shape index (κ3) is 7.31. The molecule has 1 unspecified atom stereocenters. The molecule has 6 heteroatoms. The van der Waals surface area contributed by atoms with Crippen LogP contribution in [0.2, 0.25) is 0 Å². The summed E-state index contributed by atoms with van der Waals surface area (Å²) in [6.07, 6.45) is 3.99. The van der Waals surface area contributed by atoms with Crippen LogP contribution in [0.1, 0.15) is 52.0 Å². The summed E-state index contributed by atoms with van der Waals surface area (Å²) in [5.74, 6) is 1.30. The standard InChI is InChI=1S/C24H39N3O3/c1-5-25-24(29)21-13-16-27(17-14-21)23(28)8-7-15-26(6-2)19(3)18-20-9-11-22(30-4)12-10-20/h9-12,19,21H,5-8,13-18H2,1-4H3,(H,25,29). The zero-order valence-corrected chi connectivity index (χ0v) is 19.2. The number of rotatable bonds is 11. The summed E-state index contributed by atoms with van der Waals surface area (Å²) in [5.41, 5.74) is 1.30. The van der Waals surface area contributed by atoms with Gasteiger partial charge < -0.3 is 19.9 Å². The van der Waals surface area contributed by atoms with E-state index in [9.17, 15) is 9.59 Å². The van der Waals surface area contributed by atoms with Crippen molar-refractivity contribution in [1.29, 1.82) is 0 Å². The quantitative estimate of drug-likeness (QED) is 0.601. The van der Waals surface area contributed by atoms with Crippen LogP contribution in [-0.4, -0.2) is 67.5 Å². The minimum atomic E-state index is 0.0587. The molecule has 1 aliphatic heterocycles. The Morgan fingerprint density at radius 3 is 2.43 bits per heavy atom. The highest BCUT2D eigenvalue weighted by atomic mass is 16.5. The predicted octanol–water partition coefficient (Wildman–Crippen LogP) is 3.10. The second-order valence-corrected chi connectivity index (χ2v) is 8.18. The van der Waals surface area contributed by atoms with Gasteiger partial charge in [-0.2, -0.15) is 0 Å². The summed E-state index contributed by atoms with van der Waals surface area (Å²) >= 11 is 0. The van der Waals surface area contributed by atoms with Gasteiger partial charge in [-0.1, -0.05) is 19.1 Å². The van der Waals surface area contributed by atoms with E-state index in [0.717, 1.165) is 44.5 Å². The first kappa shape index (κ1) is 24.2. The molecule has 0 radical (unpaired) electrons. The summed E-state index contributed by atoms with van der Waals surface area (Å²) in [4.78, 5) is 28.9. The first-order valence-corrected chi connectivity index (χ1v) is 11.4. The number of piperidine rings is 1. The molecule has 1 N–H and O–H groups in total. The monoisotopic (exact) mass is 417 g/mol. The topological polar surface area (TPSA) is 61.9 Å². The molecule has 30 heavy (non-hydrogen) atoms. The van der Waals surface area contributed by atoms with E-state index in [-0.39, 0.29) is 17.7 Å². The number of hydrogen-bond acceptors (Lipinski definition) is 4. The van der Waals surface area contributed by atoms with Crippen molar-refractivity contribution < 1.29 is 14.3 Å². The van der Waals surface area contributed by atoms with E-state index in [1.54, 1.807) is 7.11 Å². The van der Waals surface area contributed by atoms with Gasteiger partial charge in [0.25, 0.3) is 0 Å². The van der Waals surface area contributed by atoms with E-state index in [4.69, 9.17) is 4.74 Å². The van der Waals surface area contributed by atoms with Crippen LogP contribution in [0.5, 0.6) is 5.75 Å². The lowest BCUT2D eigenvalue weighted by molar-refractivity contribution is -0.135. The second-order valence-electron chi connectivity index (χ2n) is 8.18. The molecular formula is C24H39N3O3. The van der Waals surface area contributed by atoms with Crippen molar-refractivity contribution in [3.05, 3.63) is 29.8 Å². The maximum atomic E-state index is 12.6. The molecule has 0 aliphatic carbocycles. The number of benzene rings is 1. The molecule has 1 atom stereocenters. The molecule has 2 rings (SSSR count). The van der Waals surface area contributed by atoms with Crippen LogP contribution in [0, 0.1) is 5.92 Å². The van der Waals surface area contributed by atoms with Gasteiger partial charge in [-0.05, 0) is 70.3 Å². The summed E-state index contributed by atoms with van der Waals surface area (Å²) < 4.78 is 5.23. The number of nitrogens with one attached hydrogen (secondary N) is 1. The number of methoxy groups -OCH3 is 1. The lowest BCUT2D eigenvalue weighted by atomic mass is 9.95. The summed E-state index contributed by atoms with van der Waals surface area (Å²) in [5, 5.41) is 2.89. The third-order valence-corrected chi connectivity index (χ3v) is 6.13. The summed E-state index contributed by atoms with van der Waals surface area (Å²) in [6, 6.07) is 8.68. The van der Waals surface area contributed by atoms with Gasteiger partial charge in [0.1, 0.15) is 5.75 Å². The number of hydrogen-bond donors (Lipinski definition) is 1. The highest BCUT2D eigenvalue weighted by molar-refractivity contribution is 5.80. The van der Waals surface area contributed by atoms with E-state index in [2.05, 4.69) is 36.2 Å². The molecular weight excluding hydrogens is 378 g/mol. The molecule has 1 saturated heterocycles. The van der Waals surface area contributed by atoms with Crippen molar-refractivity contribution in [2.45, 2.75) is 58.9 Å². The number of amides is 2. The molecule has 168 valence electrons. The number of carbonyl (C=O) groups is 2. The molecule has 1 aromatic rings. The van der Waals surface area contributed by atoms with Gasteiger partial charge in [-0.25, -0.2) is 0 Å². The SMILES string of the molecule is CCNC(=O)C1CCN(C(=O)CCCN(CC)C(C)Cc2ccc(OC)cc2)CC1. The lowest BCUT2D eigenvalue weighted by Crippen LogP contribution is -2.43. The summed E-state index contributed by atoms with van der Waals surface area (Å²) in [6.45, 7) is 10.3. The van der Waals surface area contributed by atoms with Crippen LogP contribution in [-0.2, 0) is 16.0 Å². The second kappa shape index (κ2) is 12.6. The molecule has 2 amide bonds. The largest absolute Gasteiger partial charge is 0.497 e. The molecule has 1 aromatic carbocycles. The zero-order valence-electron chi connectivity index (χ0n) is 19.2. The Kier molecular flexibility index (Phi) is 10.1. The van der Waals surface area contributed by atoms with Gasteiger partial charge in [-0.3, -0.25) is 9.59 Å². The van der Waals surface area contributed by atoms with Crippen LogP contribution < -0.4 is 10.1 Å². The minimum Gasteiger partial charge on any atom is -0.497 e. The fraction of sp³-hybridized carbons (Fsp3) is 0.667. The Balaban J connectivity index is 1.71. The Hall–Kier alpha value is -2.08. The van der Waals surface area contributed by atoms with Gasteiger partial charge in [-0.15, -0.1) is 0 Å². The normalized spacial score (nSPS) is 15.8. The van der Waals surface area contributed by atoms with E-state index >= 15 is 0 Å². The number of carbonyl (C=O) groups excluding carboxylic acids is 2. The number of ether oxygens (including phenoxy) is 1. The summed E-state index contributed by atoms with van der Waals surface area (Å²) in [7, 11) is 1.68. The Labute approximate surface area is 182 Å². The van der Waals surface area contributed by atoms with E-state index in [0.29, 0.717) is 32.1 Å². The Bertz CT molecular complexity index is 654. The molecule has 1 heterocycles. The highest BCUT2D eigenvalue weighted by Gasteiger charge is 2.26. The smallest absolute Gasteiger partial charge is 0.223 e. The average molecular weight is 418 g/mol. The van der Waals surface area contributed by atoms with Crippen molar-refractivity contribution in [1.82, 2.24) is 15.1 Å². The molecule has 0 aromatic heterocycles. The van der Waals surface area contributed by atoms with Crippen molar-refractivity contribution >= 4 is 11.8 Å². The molecule has 6 nitrogen and oxygen atoms in total. The highest BCUT2D eigenvalue weighted by Crippen LogP contribution is 2.19. The lowest BCUT2D eigenvalue weighted by Gasteiger charge is -2.32. The first-order chi connectivity index (χ1) is 14.5. The fourth-order valence-corrected chi connectivity index (χ4v) is 4.22. The van der Waals surface area contributed by atoms with Crippen LogP contribution >= 0.6 is 0 Å². The van der Waals surface area contributed by atoms with E-state index in [1.165, 1.54) is 5.56 Å². The average Bonchev–Trinajstić information content (AvgIpc) is 2.77. The Morgan fingerprint density at radius 1 is 1.20 bits per heavy atom. The van der Waals surface area contributed by atoms with Crippen LogP contribution in [0.4, 0.5) is 0 Å². The molecule has 1 aliphatic rings. The van der Waals surface area contributed by atoms with Crippen molar-refractivity contribution in [2.24, 2.45) is 5.92 Å². The van der Waals surface area contributed by atoms with Gasteiger partial charge >= 0.3 is 0 Å². The van der Waals surface area contributed by atoms with Crippen LogP contribution in [0.25, 0.3) is 0 Å². The van der Waals surface area contributed by atoms with Gasteiger partial charge in [0, 0.05) is 38.0 Å². The first-order valence-electron chi connectivity index (χ1n) is 11.4. The minimum absolute atomic E-state index is 0.0587. The molecule has 0 spiro atoms. The van der Waals surface area contributed by atoms with Crippen molar-refractivity contribution in [2.75, 3.05) is 39.8 Å². The zero-order chi connectivity index (χ0) is 21.9. The van der Waals surface area contributed by atoms with Gasteiger partial charge in [0.05, 0.1) is 7.11 Å². The van der Waals surface area contributed by atoms with E-state index < -0.39 is 0 Å². The van der Waals surface area contributed by atoms with Crippen LogP contribution in [0.3, 0.4) is 0 Å². The number of nitrogens with zero attached hydrogens (tertiary/aromatic N) is 2. The maximum Gasteiger partial charge on any atom is 0.223 e. The fourth-order valence-electron chi connectivity index (χ4n) is 4.22. The predicted molar refractivity (Wildman–Crippen MR) is 121 cm³/mol. The molecule has 1 fully saturated rings. The maximum absolute atomic E-state index is 12.6. The number of likely N-dealkylation sites (N-methyl/N-ethyl adjacent to an activating group) is 1. The van der Waals surface area contributed by atoms with E-state index in [1.807, 2.05) is 24.0 Å². The number of likely N-dealkylation sites (tertiary alicyclic amines) is 1. The Morgan fingerprint density at radius 2 is 1.87 bits per heavy atom. The third-order valence-electron chi connectivity index (χ3n) is 6.13. The van der Waals surface area contributed by atoms with Gasteiger partial charge in [0.2, 0.25) is 11.8 Å². The van der Waals surface area contributed by atoms with Crippen molar-refractivity contribution in [3.63, 3.8) is 0 Å². The molecule has 0 saturated carbocycles. The van der Waals surface area contributed by atoms with Crippen molar-refractivity contribution in [3.8, 4) is 5.75 Å². The van der Waals surface area contributed by atoms with Gasteiger partial charge in [0.15, 0.2) is 0 Å².